The lowest BCUT2D eigenvalue weighted by Crippen LogP contribution is -2.40. The maximum atomic E-state index is 12.2. The molecule has 22 heavy (non-hydrogen) atoms. The maximum absolute atomic E-state index is 12.2. The number of phenols is 2. The molecule has 0 aromatic heterocycles. The molecule has 0 heterocycles. The zero-order valence-electron chi connectivity index (χ0n) is 12.3. The highest BCUT2D eigenvalue weighted by Gasteiger charge is 2.35. The zero-order valence-corrected chi connectivity index (χ0v) is 12.3. The average molecular weight is 307 g/mol. The van der Waals surface area contributed by atoms with Crippen molar-refractivity contribution in [3.8, 4) is 11.5 Å². The van der Waals surface area contributed by atoms with Gasteiger partial charge in [0.15, 0.2) is 11.5 Å². The highest BCUT2D eigenvalue weighted by Crippen LogP contribution is 2.30. The van der Waals surface area contributed by atoms with Gasteiger partial charge in [-0.05, 0) is 37.0 Å². The smallest absolute Gasteiger partial charge is 0.307 e. The van der Waals surface area contributed by atoms with E-state index in [1.165, 1.54) is 12.1 Å². The minimum Gasteiger partial charge on any atom is -0.504 e. The summed E-state index contributed by atoms with van der Waals surface area (Å²) < 4.78 is 0. The minimum absolute atomic E-state index is 0.181. The third-order valence-corrected chi connectivity index (χ3v) is 4.17. The predicted molar refractivity (Wildman–Crippen MR) is 79.6 cm³/mol. The van der Waals surface area contributed by atoms with Gasteiger partial charge >= 0.3 is 5.97 Å². The van der Waals surface area contributed by atoms with Crippen molar-refractivity contribution >= 4 is 11.9 Å². The van der Waals surface area contributed by atoms with Gasteiger partial charge in [0.05, 0.1) is 11.8 Å². The molecular formula is C16H21NO5. The van der Waals surface area contributed by atoms with Crippen molar-refractivity contribution in [2.24, 2.45) is 11.8 Å². The van der Waals surface area contributed by atoms with E-state index >= 15 is 0 Å². The van der Waals surface area contributed by atoms with Gasteiger partial charge in [-0.2, -0.15) is 0 Å². The predicted octanol–water partition coefficient (Wildman–Crippen LogP) is 1.65. The lowest BCUT2D eigenvalue weighted by molar-refractivity contribution is -0.148. The number of carboxylic acids is 1. The van der Waals surface area contributed by atoms with Crippen LogP contribution in [0.25, 0.3) is 0 Å². The number of rotatable bonds is 5. The fraction of sp³-hybridized carbons (Fsp3) is 0.500. The summed E-state index contributed by atoms with van der Waals surface area (Å²) in [6.45, 7) is 0.367. The molecule has 0 radical (unpaired) electrons. The Balaban J connectivity index is 1.86. The monoisotopic (exact) mass is 307 g/mol. The zero-order chi connectivity index (χ0) is 16.1. The SMILES string of the molecule is O=C(NCCc1ccc(O)c(O)c1)[C@H]1CCCC[C@H]1C(=O)O. The number of amides is 1. The van der Waals surface area contributed by atoms with Gasteiger partial charge in [0, 0.05) is 6.54 Å². The summed E-state index contributed by atoms with van der Waals surface area (Å²) in [5.74, 6) is -2.54. The standard InChI is InChI=1S/C16H21NO5/c18-13-6-5-10(9-14(13)19)7-8-17-15(20)11-3-1-2-4-12(11)16(21)22/h5-6,9,11-12,18-19H,1-4,7-8H2,(H,17,20)(H,21,22)/t11-,12+/m0/s1. The highest BCUT2D eigenvalue weighted by molar-refractivity contribution is 5.84. The lowest BCUT2D eigenvalue weighted by Gasteiger charge is -2.27. The number of carbonyl (C=O) groups is 2. The van der Waals surface area contributed by atoms with Gasteiger partial charge in [-0.3, -0.25) is 9.59 Å². The maximum Gasteiger partial charge on any atom is 0.307 e. The van der Waals surface area contributed by atoms with Crippen LogP contribution in [0.1, 0.15) is 31.2 Å². The summed E-state index contributed by atoms with van der Waals surface area (Å²) in [7, 11) is 0. The number of nitrogens with one attached hydrogen (secondary N) is 1. The number of aliphatic carboxylic acids is 1. The molecule has 0 bridgehead atoms. The van der Waals surface area contributed by atoms with Crippen LogP contribution in [-0.2, 0) is 16.0 Å². The fourth-order valence-electron chi connectivity index (χ4n) is 2.93. The molecule has 2 rings (SSSR count). The van der Waals surface area contributed by atoms with Crippen molar-refractivity contribution in [3.63, 3.8) is 0 Å². The van der Waals surface area contributed by atoms with Crippen molar-refractivity contribution < 1.29 is 24.9 Å². The van der Waals surface area contributed by atoms with E-state index in [1.807, 2.05) is 0 Å². The molecule has 1 amide bonds. The topological polar surface area (TPSA) is 107 Å². The summed E-state index contributed by atoms with van der Waals surface area (Å²) in [5.41, 5.74) is 0.786. The van der Waals surface area contributed by atoms with Crippen molar-refractivity contribution in [1.82, 2.24) is 5.32 Å². The second-order valence-electron chi connectivity index (χ2n) is 5.70. The van der Waals surface area contributed by atoms with E-state index in [0.717, 1.165) is 18.4 Å². The molecule has 0 saturated heterocycles. The molecule has 1 fully saturated rings. The number of aromatic hydroxyl groups is 2. The molecule has 2 atom stereocenters. The molecule has 1 aromatic rings. The van der Waals surface area contributed by atoms with Crippen LogP contribution in [0.4, 0.5) is 0 Å². The quantitative estimate of drug-likeness (QED) is 0.619. The Hall–Kier alpha value is -2.24. The summed E-state index contributed by atoms with van der Waals surface area (Å²) in [6.07, 6.45) is 3.41. The summed E-state index contributed by atoms with van der Waals surface area (Å²) in [4.78, 5) is 23.4. The summed E-state index contributed by atoms with van der Waals surface area (Å²) in [6, 6.07) is 4.51. The van der Waals surface area contributed by atoms with Crippen LogP contribution in [0.15, 0.2) is 18.2 Å². The van der Waals surface area contributed by atoms with Gasteiger partial charge in [0.2, 0.25) is 5.91 Å². The molecule has 0 unspecified atom stereocenters. The first kappa shape index (κ1) is 16.1. The van der Waals surface area contributed by atoms with Gasteiger partial charge in [0.25, 0.3) is 0 Å². The molecule has 1 aromatic carbocycles. The largest absolute Gasteiger partial charge is 0.504 e. The second kappa shape index (κ2) is 7.15. The van der Waals surface area contributed by atoms with E-state index in [-0.39, 0.29) is 17.4 Å². The van der Waals surface area contributed by atoms with Crippen molar-refractivity contribution in [3.05, 3.63) is 23.8 Å². The van der Waals surface area contributed by atoms with E-state index in [4.69, 9.17) is 0 Å². The van der Waals surface area contributed by atoms with Gasteiger partial charge in [-0.25, -0.2) is 0 Å². The van der Waals surface area contributed by atoms with E-state index in [2.05, 4.69) is 5.32 Å². The van der Waals surface area contributed by atoms with Gasteiger partial charge in [-0.1, -0.05) is 18.9 Å². The van der Waals surface area contributed by atoms with Crippen molar-refractivity contribution in [2.75, 3.05) is 6.54 Å². The van der Waals surface area contributed by atoms with Crippen LogP contribution >= 0.6 is 0 Å². The number of carboxylic acid groups (broad SMARTS) is 1. The Morgan fingerprint density at radius 2 is 1.77 bits per heavy atom. The number of hydrogen-bond acceptors (Lipinski definition) is 4. The Bertz CT molecular complexity index is 557. The van der Waals surface area contributed by atoms with Crippen LogP contribution in [0.2, 0.25) is 0 Å². The molecule has 0 spiro atoms. The van der Waals surface area contributed by atoms with E-state index in [1.54, 1.807) is 6.07 Å². The normalized spacial score (nSPS) is 21.3. The van der Waals surface area contributed by atoms with Crippen LogP contribution in [0, 0.1) is 11.8 Å². The highest BCUT2D eigenvalue weighted by atomic mass is 16.4. The molecule has 4 N–H and O–H groups in total. The molecule has 1 aliphatic rings. The van der Waals surface area contributed by atoms with Crippen LogP contribution in [-0.4, -0.2) is 33.7 Å². The first-order valence-corrected chi connectivity index (χ1v) is 7.50. The summed E-state index contributed by atoms with van der Waals surface area (Å²) in [5, 5.41) is 30.6. The van der Waals surface area contributed by atoms with E-state index in [0.29, 0.717) is 25.8 Å². The molecule has 1 saturated carbocycles. The number of hydrogen-bond donors (Lipinski definition) is 4. The Labute approximate surface area is 128 Å². The van der Waals surface area contributed by atoms with Gasteiger partial charge < -0.3 is 20.6 Å². The van der Waals surface area contributed by atoms with Crippen LogP contribution in [0.3, 0.4) is 0 Å². The molecule has 1 aliphatic carbocycles. The molecule has 120 valence electrons. The number of phenolic OH excluding ortho intramolecular Hbond substituents is 2. The van der Waals surface area contributed by atoms with E-state index < -0.39 is 17.8 Å². The molecule has 6 heteroatoms. The molecule has 0 aliphatic heterocycles. The Morgan fingerprint density at radius 3 is 2.41 bits per heavy atom. The van der Waals surface area contributed by atoms with Gasteiger partial charge in [0.1, 0.15) is 0 Å². The first-order chi connectivity index (χ1) is 10.5. The second-order valence-corrected chi connectivity index (χ2v) is 5.70. The average Bonchev–Trinajstić information content (AvgIpc) is 2.50. The van der Waals surface area contributed by atoms with Crippen LogP contribution in [0.5, 0.6) is 11.5 Å². The van der Waals surface area contributed by atoms with Gasteiger partial charge in [-0.15, -0.1) is 0 Å². The summed E-state index contributed by atoms with van der Waals surface area (Å²) >= 11 is 0. The van der Waals surface area contributed by atoms with E-state index in [9.17, 15) is 24.9 Å². The Morgan fingerprint density at radius 1 is 1.09 bits per heavy atom. The van der Waals surface area contributed by atoms with Crippen LogP contribution < -0.4 is 5.32 Å². The fourth-order valence-corrected chi connectivity index (χ4v) is 2.93. The Kier molecular flexibility index (Phi) is 5.25. The third-order valence-electron chi connectivity index (χ3n) is 4.17. The molecular weight excluding hydrogens is 286 g/mol. The third kappa shape index (κ3) is 3.90. The minimum atomic E-state index is -0.900. The van der Waals surface area contributed by atoms with Crippen molar-refractivity contribution in [2.45, 2.75) is 32.1 Å². The number of benzene rings is 1. The lowest BCUT2D eigenvalue weighted by atomic mass is 9.78. The first-order valence-electron chi connectivity index (χ1n) is 7.50. The number of carbonyl (C=O) groups excluding carboxylic acids is 1. The van der Waals surface area contributed by atoms with Crippen molar-refractivity contribution in [1.29, 1.82) is 0 Å². The molecule has 6 nitrogen and oxygen atoms in total.